The van der Waals surface area contributed by atoms with Gasteiger partial charge in [-0.15, -0.1) is 11.3 Å². The summed E-state index contributed by atoms with van der Waals surface area (Å²) in [5.74, 6) is -0.0461. The van der Waals surface area contributed by atoms with Gasteiger partial charge in [0.05, 0.1) is 31.9 Å². The molecular weight excluding hydrogens is 498 g/mol. The zero-order valence-electron chi connectivity index (χ0n) is 21.0. The molecule has 6 rings (SSSR count). The molecule has 5 aromatic rings. The number of para-hydroxylation sites is 1. The summed E-state index contributed by atoms with van der Waals surface area (Å²) in [6.45, 7) is 9.57. The van der Waals surface area contributed by atoms with E-state index in [9.17, 15) is 4.79 Å². The number of thiophene rings is 1. The Bertz CT molecular complexity index is 1570. The number of aryl methyl sites for hydroxylation is 2. The van der Waals surface area contributed by atoms with Crippen molar-refractivity contribution in [3.8, 4) is 10.6 Å². The summed E-state index contributed by atoms with van der Waals surface area (Å²) >= 11 is 3.42. The van der Waals surface area contributed by atoms with Gasteiger partial charge in [0.15, 0.2) is 5.13 Å². The van der Waals surface area contributed by atoms with Crippen LogP contribution in [0.1, 0.15) is 21.5 Å². The second-order valence-corrected chi connectivity index (χ2v) is 11.4. The van der Waals surface area contributed by atoms with Crippen molar-refractivity contribution in [3.63, 3.8) is 0 Å². The molecule has 0 saturated carbocycles. The average Bonchev–Trinajstić information content (AvgIpc) is 3.62. The number of amides is 1. The average molecular weight is 528 g/mol. The molecule has 0 radical (unpaired) electrons. The molecule has 1 fully saturated rings. The van der Waals surface area contributed by atoms with Crippen LogP contribution in [0.4, 0.5) is 5.13 Å². The predicted octanol–water partition coefficient (Wildman–Crippen LogP) is 5.74. The first-order valence-corrected chi connectivity index (χ1v) is 14.3. The van der Waals surface area contributed by atoms with Gasteiger partial charge in [0, 0.05) is 44.7 Å². The van der Waals surface area contributed by atoms with E-state index in [0.29, 0.717) is 12.1 Å². The van der Waals surface area contributed by atoms with Crippen LogP contribution < -0.4 is 10.2 Å². The third-order valence-electron chi connectivity index (χ3n) is 7.16. The maximum Gasteiger partial charge on any atom is 0.252 e. The number of aromatic nitrogens is 2. The van der Waals surface area contributed by atoms with E-state index in [1.807, 2.05) is 47.8 Å². The van der Waals surface area contributed by atoms with Crippen LogP contribution in [-0.4, -0.2) is 60.0 Å². The lowest BCUT2D eigenvalue weighted by Crippen LogP contribution is -2.48. The van der Waals surface area contributed by atoms with Gasteiger partial charge < -0.3 is 10.2 Å². The molecule has 2 aromatic carbocycles. The molecule has 37 heavy (non-hydrogen) atoms. The number of rotatable bonds is 6. The molecule has 0 spiro atoms. The monoisotopic (exact) mass is 527 g/mol. The van der Waals surface area contributed by atoms with Gasteiger partial charge in [0.25, 0.3) is 5.91 Å². The van der Waals surface area contributed by atoms with Gasteiger partial charge in [0.1, 0.15) is 0 Å². The van der Waals surface area contributed by atoms with Crippen molar-refractivity contribution in [2.24, 2.45) is 0 Å². The van der Waals surface area contributed by atoms with E-state index >= 15 is 0 Å². The first kappa shape index (κ1) is 24.0. The molecule has 0 aliphatic carbocycles. The van der Waals surface area contributed by atoms with Crippen LogP contribution in [0.15, 0.2) is 60.0 Å². The fourth-order valence-corrected chi connectivity index (χ4v) is 6.61. The highest BCUT2D eigenvalue weighted by atomic mass is 32.1. The Morgan fingerprint density at radius 2 is 1.84 bits per heavy atom. The molecule has 1 N–H and O–H groups in total. The van der Waals surface area contributed by atoms with Gasteiger partial charge in [-0.1, -0.05) is 41.7 Å². The fraction of sp³-hybridized carbons (Fsp3) is 0.276. The lowest BCUT2D eigenvalue weighted by atomic mass is 10.1. The normalized spacial score (nSPS) is 14.5. The number of thiazole rings is 1. The standard InChI is InChI=1S/C29H29N5OS2/c1-19-9-10-26-27(20(19)2)32-29(37-26)34-15-13-33(14-16-34)12-11-30-28(35)22-18-24(25-8-5-17-36-25)31-23-7-4-3-6-21(22)23/h3-10,17-18H,11-16H2,1-2H3,(H,30,35). The lowest BCUT2D eigenvalue weighted by molar-refractivity contribution is 0.0949. The number of carbonyl (C=O) groups is 1. The first-order valence-electron chi connectivity index (χ1n) is 12.6. The summed E-state index contributed by atoms with van der Waals surface area (Å²) in [5, 5.41) is 7.18. The number of hydrogen-bond donors (Lipinski definition) is 1. The minimum absolute atomic E-state index is 0.0461. The Balaban J connectivity index is 1.07. The minimum atomic E-state index is -0.0461. The second-order valence-electron chi connectivity index (χ2n) is 9.48. The van der Waals surface area contributed by atoms with Crippen LogP contribution in [-0.2, 0) is 0 Å². The molecule has 1 amide bonds. The quantitative estimate of drug-likeness (QED) is 0.305. The molecule has 3 aromatic heterocycles. The number of benzene rings is 2. The summed E-state index contributed by atoms with van der Waals surface area (Å²) < 4.78 is 1.26. The highest BCUT2D eigenvalue weighted by Gasteiger charge is 2.21. The van der Waals surface area contributed by atoms with Crippen LogP contribution >= 0.6 is 22.7 Å². The Labute approximate surface area is 224 Å². The van der Waals surface area contributed by atoms with E-state index in [1.165, 1.54) is 15.8 Å². The van der Waals surface area contributed by atoms with E-state index in [2.05, 4.69) is 41.1 Å². The molecule has 188 valence electrons. The van der Waals surface area contributed by atoms with Crippen molar-refractivity contribution in [1.29, 1.82) is 0 Å². The summed E-state index contributed by atoms with van der Waals surface area (Å²) in [7, 11) is 0. The van der Waals surface area contributed by atoms with Crippen LogP contribution in [0.3, 0.4) is 0 Å². The molecule has 1 aliphatic rings. The maximum atomic E-state index is 13.2. The zero-order chi connectivity index (χ0) is 25.4. The maximum absolute atomic E-state index is 13.2. The number of anilines is 1. The molecule has 6 nitrogen and oxygen atoms in total. The van der Waals surface area contributed by atoms with Gasteiger partial charge in [-0.05, 0) is 54.6 Å². The third kappa shape index (κ3) is 4.84. The summed E-state index contributed by atoms with van der Waals surface area (Å²) in [5.41, 5.74) is 6.07. The van der Waals surface area contributed by atoms with Crippen LogP contribution in [0.2, 0.25) is 0 Å². The number of carbonyl (C=O) groups excluding carboxylic acids is 1. The largest absolute Gasteiger partial charge is 0.351 e. The highest BCUT2D eigenvalue weighted by molar-refractivity contribution is 7.22. The molecule has 0 bridgehead atoms. The van der Waals surface area contributed by atoms with Crippen molar-refractivity contribution >= 4 is 54.8 Å². The SMILES string of the molecule is Cc1ccc2sc(N3CCN(CCNC(=O)c4cc(-c5cccs5)nc5ccccc45)CC3)nc2c1C. The molecule has 4 heterocycles. The van der Waals surface area contributed by atoms with E-state index < -0.39 is 0 Å². The van der Waals surface area contributed by atoms with Crippen molar-refractivity contribution < 1.29 is 4.79 Å². The van der Waals surface area contributed by atoms with Gasteiger partial charge in [-0.2, -0.15) is 0 Å². The highest BCUT2D eigenvalue weighted by Crippen LogP contribution is 2.32. The van der Waals surface area contributed by atoms with Crippen molar-refractivity contribution in [3.05, 3.63) is 76.7 Å². The minimum Gasteiger partial charge on any atom is -0.351 e. The van der Waals surface area contributed by atoms with E-state index in [4.69, 9.17) is 9.97 Å². The molecule has 8 heteroatoms. The number of hydrogen-bond acceptors (Lipinski definition) is 7. The van der Waals surface area contributed by atoms with Crippen molar-refractivity contribution in [2.45, 2.75) is 13.8 Å². The summed E-state index contributed by atoms with van der Waals surface area (Å²) in [6, 6.07) is 18.2. The smallest absolute Gasteiger partial charge is 0.252 e. The zero-order valence-corrected chi connectivity index (χ0v) is 22.7. The van der Waals surface area contributed by atoms with Crippen LogP contribution in [0, 0.1) is 13.8 Å². The number of nitrogens with zero attached hydrogens (tertiary/aromatic N) is 4. The first-order chi connectivity index (χ1) is 18.1. The van der Waals surface area contributed by atoms with Gasteiger partial charge in [-0.3, -0.25) is 9.69 Å². The third-order valence-corrected chi connectivity index (χ3v) is 9.14. The van der Waals surface area contributed by atoms with Crippen LogP contribution in [0.5, 0.6) is 0 Å². The van der Waals surface area contributed by atoms with Crippen LogP contribution in [0.25, 0.3) is 31.7 Å². The van der Waals surface area contributed by atoms with E-state index in [-0.39, 0.29) is 5.91 Å². The Morgan fingerprint density at radius 3 is 2.65 bits per heavy atom. The summed E-state index contributed by atoms with van der Waals surface area (Å²) in [4.78, 5) is 28.8. The van der Waals surface area contributed by atoms with Gasteiger partial charge >= 0.3 is 0 Å². The fourth-order valence-electron chi connectivity index (χ4n) is 4.85. The lowest BCUT2D eigenvalue weighted by Gasteiger charge is -2.34. The van der Waals surface area contributed by atoms with Crippen molar-refractivity contribution in [1.82, 2.24) is 20.2 Å². The van der Waals surface area contributed by atoms with Gasteiger partial charge in [0.2, 0.25) is 0 Å². The van der Waals surface area contributed by atoms with E-state index in [1.54, 1.807) is 22.7 Å². The molecule has 0 atom stereocenters. The van der Waals surface area contributed by atoms with Crippen molar-refractivity contribution in [2.75, 3.05) is 44.2 Å². The molecule has 1 saturated heterocycles. The molecule has 0 unspecified atom stereocenters. The number of fused-ring (bicyclic) bond motifs is 2. The number of piperazine rings is 1. The Morgan fingerprint density at radius 1 is 1.00 bits per heavy atom. The Kier molecular flexibility index (Phi) is 6.63. The second kappa shape index (κ2) is 10.2. The Hall–Kier alpha value is -3.33. The number of nitrogens with one attached hydrogen (secondary N) is 1. The predicted molar refractivity (Wildman–Crippen MR) is 155 cm³/mol. The molecule has 1 aliphatic heterocycles. The number of pyridine rings is 1. The van der Waals surface area contributed by atoms with E-state index in [0.717, 1.165) is 64.8 Å². The van der Waals surface area contributed by atoms with Gasteiger partial charge in [-0.25, -0.2) is 9.97 Å². The topological polar surface area (TPSA) is 61.4 Å². The molecular formula is C29H29N5OS2. The summed E-state index contributed by atoms with van der Waals surface area (Å²) in [6.07, 6.45) is 0.